The standard InChI is InChI=1S/C9H12N4O2S/c1-6-12-13-5-7(11-8(13)16-6)3-4-10-9(14)15-2/h5H,3-4H2,1-2H3,(H,10,14). The van der Waals surface area contributed by atoms with Gasteiger partial charge in [-0.25, -0.2) is 14.3 Å². The molecule has 0 aliphatic rings. The molecular formula is C9H12N4O2S. The Hall–Kier alpha value is -1.63. The van der Waals surface area contributed by atoms with Gasteiger partial charge in [0.25, 0.3) is 0 Å². The van der Waals surface area contributed by atoms with Crippen LogP contribution < -0.4 is 5.32 Å². The molecule has 1 N–H and O–H groups in total. The Labute approximate surface area is 96.2 Å². The van der Waals surface area contributed by atoms with Crippen LogP contribution in [0, 0.1) is 6.92 Å². The molecule has 2 heterocycles. The maximum absolute atomic E-state index is 10.8. The van der Waals surface area contributed by atoms with E-state index in [0.29, 0.717) is 13.0 Å². The van der Waals surface area contributed by atoms with Crippen LogP contribution in [0.25, 0.3) is 4.96 Å². The molecule has 16 heavy (non-hydrogen) atoms. The number of nitrogens with one attached hydrogen (secondary N) is 1. The van der Waals surface area contributed by atoms with Gasteiger partial charge in [-0.05, 0) is 6.92 Å². The summed E-state index contributed by atoms with van der Waals surface area (Å²) in [5.41, 5.74) is 0.912. The van der Waals surface area contributed by atoms with Gasteiger partial charge in [0.15, 0.2) is 0 Å². The highest BCUT2D eigenvalue weighted by Crippen LogP contribution is 2.13. The van der Waals surface area contributed by atoms with Crippen LogP contribution in [-0.4, -0.2) is 34.3 Å². The van der Waals surface area contributed by atoms with Crippen molar-refractivity contribution in [2.45, 2.75) is 13.3 Å². The molecule has 7 heteroatoms. The van der Waals surface area contributed by atoms with Crippen molar-refractivity contribution in [2.75, 3.05) is 13.7 Å². The van der Waals surface area contributed by atoms with Gasteiger partial charge in [0.1, 0.15) is 5.01 Å². The van der Waals surface area contributed by atoms with E-state index in [-0.39, 0.29) is 0 Å². The molecule has 1 amide bonds. The molecular weight excluding hydrogens is 228 g/mol. The van der Waals surface area contributed by atoms with Crippen molar-refractivity contribution in [2.24, 2.45) is 0 Å². The Kier molecular flexibility index (Phi) is 3.04. The van der Waals surface area contributed by atoms with E-state index in [1.807, 2.05) is 13.1 Å². The first kappa shape index (κ1) is 10.9. The van der Waals surface area contributed by atoms with Gasteiger partial charge in [0.05, 0.1) is 19.0 Å². The van der Waals surface area contributed by atoms with Crippen molar-refractivity contribution in [3.63, 3.8) is 0 Å². The summed E-state index contributed by atoms with van der Waals surface area (Å²) in [5, 5.41) is 7.84. The second-order valence-corrected chi connectivity index (χ2v) is 4.41. The number of methoxy groups -OCH3 is 1. The van der Waals surface area contributed by atoms with E-state index in [1.165, 1.54) is 7.11 Å². The van der Waals surface area contributed by atoms with E-state index >= 15 is 0 Å². The largest absolute Gasteiger partial charge is 0.453 e. The number of carbonyl (C=O) groups excluding carboxylic acids is 1. The SMILES string of the molecule is COC(=O)NCCc1cn2nc(C)sc2n1. The van der Waals surface area contributed by atoms with Crippen LogP contribution >= 0.6 is 11.3 Å². The van der Waals surface area contributed by atoms with E-state index < -0.39 is 6.09 Å². The molecule has 0 fully saturated rings. The van der Waals surface area contributed by atoms with Crippen LogP contribution in [0.1, 0.15) is 10.7 Å². The fraction of sp³-hybridized carbons (Fsp3) is 0.444. The second-order valence-electron chi connectivity index (χ2n) is 3.25. The number of alkyl carbamates (subject to hydrolysis) is 1. The first-order valence-electron chi connectivity index (χ1n) is 4.82. The summed E-state index contributed by atoms with van der Waals surface area (Å²) in [6, 6.07) is 0. The van der Waals surface area contributed by atoms with Gasteiger partial charge in [-0.15, -0.1) is 0 Å². The molecule has 0 spiro atoms. The van der Waals surface area contributed by atoms with Crippen molar-refractivity contribution in [1.29, 1.82) is 0 Å². The molecule has 0 bridgehead atoms. The third kappa shape index (κ3) is 2.30. The highest BCUT2D eigenvalue weighted by Gasteiger charge is 2.06. The summed E-state index contributed by atoms with van der Waals surface area (Å²) >= 11 is 1.55. The first-order chi connectivity index (χ1) is 7.69. The Balaban J connectivity index is 1.94. The van der Waals surface area contributed by atoms with Crippen LogP contribution in [0.5, 0.6) is 0 Å². The molecule has 6 nitrogen and oxygen atoms in total. The molecule has 0 aliphatic carbocycles. The molecule has 2 aromatic heterocycles. The van der Waals surface area contributed by atoms with Crippen molar-refractivity contribution in [3.05, 3.63) is 16.9 Å². The molecule has 0 aromatic carbocycles. The minimum Gasteiger partial charge on any atom is -0.453 e. The second kappa shape index (κ2) is 4.48. The number of aryl methyl sites for hydroxylation is 1. The number of aromatic nitrogens is 3. The number of hydrogen-bond acceptors (Lipinski definition) is 5. The Morgan fingerprint density at radius 2 is 2.50 bits per heavy atom. The number of hydrogen-bond donors (Lipinski definition) is 1. The Morgan fingerprint density at radius 1 is 1.69 bits per heavy atom. The number of nitrogens with zero attached hydrogens (tertiary/aromatic N) is 3. The fourth-order valence-corrected chi connectivity index (χ4v) is 2.07. The predicted molar refractivity (Wildman–Crippen MR) is 59.7 cm³/mol. The van der Waals surface area contributed by atoms with Crippen LogP contribution in [0.15, 0.2) is 6.20 Å². The van der Waals surface area contributed by atoms with Gasteiger partial charge in [-0.3, -0.25) is 0 Å². The first-order valence-corrected chi connectivity index (χ1v) is 5.64. The van der Waals surface area contributed by atoms with Gasteiger partial charge < -0.3 is 10.1 Å². The van der Waals surface area contributed by atoms with Gasteiger partial charge >= 0.3 is 6.09 Å². The quantitative estimate of drug-likeness (QED) is 0.869. The molecule has 2 aromatic rings. The van der Waals surface area contributed by atoms with Gasteiger partial charge in [-0.1, -0.05) is 11.3 Å². The smallest absolute Gasteiger partial charge is 0.406 e. The highest BCUT2D eigenvalue weighted by atomic mass is 32.1. The number of carbonyl (C=O) groups is 1. The van der Waals surface area contributed by atoms with E-state index in [9.17, 15) is 4.79 Å². The predicted octanol–water partition coefficient (Wildman–Crippen LogP) is 0.998. The molecule has 0 saturated heterocycles. The number of imidazole rings is 1. The zero-order valence-corrected chi connectivity index (χ0v) is 9.87. The minimum absolute atomic E-state index is 0.421. The lowest BCUT2D eigenvalue weighted by Crippen LogP contribution is -2.25. The van der Waals surface area contributed by atoms with Crippen LogP contribution in [0.2, 0.25) is 0 Å². The number of rotatable bonds is 3. The summed E-state index contributed by atoms with van der Waals surface area (Å²) in [5.74, 6) is 0. The van der Waals surface area contributed by atoms with Gasteiger partial charge in [0, 0.05) is 13.0 Å². The fourth-order valence-electron chi connectivity index (χ4n) is 1.33. The number of ether oxygens (including phenoxy) is 1. The van der Waals surface area contributed by atoms with Crippen molar-refractivity contribution in [1.82, 2.24) is 19.9 Å². The van der Waals surface area contributed by atoms with Crippen molar-refractivity contribution in [3.8, 4) is 0 Å². The summed E-state index contributed by atoms with van der Waals surface area (Å²) in [6.45, 7) is 2.45. The third-order valence-corrected chi connectivity index (χ3v) is 2.87. The zero-order chi connectivity index (χ0) is 11.5. The average molecular weight is 240 g/mol. The molecule has 0 radical (unpaired) electrons. The Morgan fingerprint density at radius 3 is 3.19 bits per heavy atom. The maximum Gasteiger partial charge on any atom is 0.406 e. The lowest BCUT2D eigenvalue weighted by atomic mass is 10.3. The zero-order valence-electron chi connectivity index (χ0n) is 9.06. The maximum atomic E-state index is 10.8. The lowest BCUT2D eigenvalue weighted by molar-refractivity contribution is 0.171. The van der Waals surface area contributed by atoms with Crippen molar-refractivity contribution < 1.29 is 9.53 Å². The summed E-state index contributed by atoms with van der Waals surface area (Å²) in [4.78, 5) is 16.1. The molecule has 2 rings (SSSR count). The van der Waals surface area contributed by atoms with Gasteiger partial charge in [0.2, 0.25) is 4.96 Å². The highest BCUT2D eigenvalue weighted by molar-refractivity contribution is 7.16. The summed E-state index contributed by atoms with van der Waals surface area (Å²) < 4.78 is 6.22. The lowest BCUT2D eigenvalue weighted by Gasteiger charge is -2.00. The van der Waals surface area contributed by atoms with E-state index in [2.05, 4.69) is 20.1 Å². The van der Waals surface area contributed by atoms with Gasteiger partial charge in [-0.2, -0.15) is 5.10 Å². The topological polar surface area (TPSA) is 68.5 Å². The average Bonchev–Trinajstić information content (AvgIpc) is 2.74. The molecule has 0 aliphatic heterocycles. The van der Waals surface area contributed by atoms with Crippen LogP contribution in [0.4, 0.5) is 4.79 Å². The molecule has 0 atom stereocenters. The third-order valence-electron chi connectivity index (χ3n) is 2.03. The van der Waals surface area contributed by atoms with Crippen LogP contribution in [0.3, 0.4) is 0 Å². The summed E-state index contributed by atoms with van der Waals surface area (Å²) in [6.07, 6.45) is 2.12. The van der Waals surface area contributed by atoms with Crippen LogP contribution in [-0.2, 0) is 11.2 Å². The van der Waals surface area contributed by atoms with E-state index in [4.69, 9.17) is 0 Å². The molecule has 86 valence electrons. The number of amides is 1. The van der Waals surface area contributed by atoms with Crippen molar-refractivity contribution >= 4 is 22.4 Å². The Bertz CT molecular complexity index is 473. The molecule has 0 saturated carbocycles. The van der Waals surface area contributed by atoms with E-state index in [1.54, 1.807) is 15.9 Å². The van der Waals surface area contributed by atoms with E-state index in [0.717, 1.165) is 15.7 Å². The normalized spacial score (nSPS) is 10.6. The minimum atomic E-state index is -0.421. The number of fused-ring (bicyclic) bond motifs is 1. The summed E-state index contributed by atoms with van der Waals surface area (Å²) in [7, 11) is 1.34. The monoisotopic (exact) mass is 240 g/mol. The molecule has 0 unspecified atom stereocenters.